The van der Waals surface area contributed by atoms with Crippen molar-refractivity contribution in [2.24, 2.45) is 0 Å². The van der Waals surface area contributed by atoms with Crippen LogP contribution in [0.25, 0.3) is 0 Å². The molecule has 114 valence electrons. The van der Waals surface area contributed by atoms with Gasteiger partial charge in [-0.05, 0) is 26.8 Å². The Bertz CT molecular complexity index is 547. The Morgan fingerprint density at radius 1 is 1.14 bits per heavy atom. The van der Waals surface area contributed by atoms with Crippen LogP contribution >= 0.6 is 0 Å². The predicted molar refractivity (Wildman–Crippen MR) is 80.9 cm³/mol. The molecule has 0 radical (unpaired) electrons. The summed E-state index contributed by atoms with van der Waals surface area (Å²) in [5.41, 5.74) is 1.83. The van der Waals surface area contributed by atoms with E-state index < -0.39 is 0 Å². The van der Waals surface area contributed by atoms with Crippen molar-refractivity contribution in [3.05, 3.63) is 29.3 Å². The van der Waals surface area contributed by atoms with E-state index in [4.69, 9.17) is 9.47 Å². The maximum absolute atomic E-state index is 12.9. The highest BCUT2D eigenvalue weighted by atomic mass is 16.5. The van der Waals surface area contributed by atoms with Gasteiger partial charge in [0.1, 0.15) is 11.9 Å². The van der Waals surface area contributed by atoms with Gasteiger partial charge in [-0.2, -0.15) is 0 Å². The Morgan fingerprint density at radius 3 is 2.48 bits per heavy atom. The van der Waals surface area contributed by atoms with Crippen LogP contribution in [0, 0.1) is 0 Å². The normalized spacial score (nSPS) is 31.7. The largest absolute Gasteiger partial charge is 0.489 e. The van der Waals surface area contributed by atoms with Gasteiger partial charge >= 0.3 is 0 Å². The molecule has 1 fully saturated rings. The lowest BCUT2D eigenvalue weighted by Crippen LogP contribution is -2.48. The summed E-state index contributed by atoms with van der Waals surface area (Å²) in [4.78, 5) is 14.7. The quantitative estimate of drug-likeness (QED) is 0.798. The third kappa shape index (κ3) is 2.53. The maximum atomic E-state index is 12.9. The number of carbonyl (C=O) groups is 1. The number of para-hydroxylation sites is 1. The van der Waals surface area contributed by atoms with Crippen LogP contribution in [0.1, 0.15) is 49.5 Å². The fourth-order valence-corrected chi connectivity index (χ4v) is 3.27. The topological polar surface area (TPSA) is 38.8 Å². The second-order valence-corrected chi connectivity index (χ2v) is 6.30. The van der Waals surface area contributed by atoms with Crippen molar-refractivity contribution < 1.29 is 14.3 Å². The van der Waals surface area contributed by atoms with Crippen molar-refractivity contribution in [2.45, 2.75) is 51.9 Å². The Hall–Kier alpha value is -1.55. The molecule has 2 aliphatic heterocycles. The van der Waals surface area contributed by atoms with Crippen molar-refractivity contribution in [1.29, 1.82) is 0 Å². The minimum atomic E-state index is 0.0511. The van der Waals surface area contributed by atoms with Crippen molar-refractivity contribution >= 4 is 5.91 Å². The SMILES string of the molecule is CC1CN(C(=O)c2cccc3c2OC(C)C3C)CC(C)O1. The van der Waals surface area contributed by atoms with Crippen LogP contribution in [0.4, 0.5) is 0 Å². The summed E-state index contributed by atoms with van der Waals surface area (Å²) >= 11 is 0. The highest BCUT2D eigenvalue weighted by molar-refractivity contribution is 5.97. The second-order valence-electron chi connectivity index (χ2n) is 6.30. The molecule has 0 aromatic heterocycles. The highest BCUT2D eigenvalue weighted by Crippen LogP contribution is 2.40. The van der Waals surface area contributed by atoms with Gasteiger partial charge in [-0.1, -0.05) is 19.1 Å². The van der Waals surface area contributed by atoms with E-state index in [0.29, 0.717) is 24.6 Å². The zero-order valence-corrected chi connectivity index (χ0v) is 13.1. The third-order valence-corrected chi connectivity index (χ3v) is 4.48. The van der Waals surface area contributed by atoms with Gasteiger partial charge in [0.15, 0.2) is 0 Å². The molecule has 0 N–H and O–H groups in total. The molecule has 0 spiro atoms. The first-order valence-corrected chi connectivity index (χ1v) is 7.71. The number of amides is 1. The minimum Gasteiger partial charge on any atom is -0.489 e. The lowest BCUT2D eigenvalue weighted by atomic mass is 9.96. The average molecular weight is 289 g/mol. The number of carbonyl (C=O) groups excluding carboxylic acids is 1. The van der Waals surface area contributed by atoms with E-state index in [1.807, 2.05) is 30.9 Å². The summed E-state index contributed by atoms with van der Waals surface area (Å²) in [6.07, 6.45) is 0.276. The molecule has 0 saturated carbocycles. The van der Waals surface area contributed by atoms with E-state index in [0.717, 1.165) is 11.3 Å². The van der Waals surface area contributed by atoms with Gasteiger partial charge < -0.3 is 14.4 Å². The molecule has 4 nitrogen and oxygen atoms in total. The van der Waals surface area contributed by atoms with Gasteiger partial charge in [0, 0.05) is 24.6 Å². The maximum Gasteiger partial charge on any atom is 0.257 e. The predicted octanol–water partition coefficient (Wildman–Crippen LogP) is 2.82. The monoisotopic (exact) mass is 289 g/mol. The van der Waals surface area contributed by atoms with E-state index in [1.165, 1.54) is 0 Å². The molecule has 4 heteroatoms. The van der Waals surface area contributed by atoms with Gasteiger partial charge in [-0.15, -0.1) is 0 Å². The molecule has 3 rings (SSSR count). The Balaban J connectivity index is 1.90. The van der Waals surface area contributed by atoms with Crippen LogP contribution in [0.5, 0.6) is 5.75 Å². The van der Waals surface area contributed by atoms with Crippen molar-refractivity contribution in [2.75, 3.05) is 13.1 Å². The van der Waals surface area contributed by atoms with Crippen LogP contribution in [0.15, 0.2) is 18.2 Å². The fourth-order valence-electron chi connectivity index (χ4n) is 3.27. The first-order chi connectivity index (χ1) is 9.97. The Kier molecular flexibility index (Phi) is 3.66. The molecule has 4 atom stereocenters. The van der Waals surface area contributed by atoms with Crippen LogP contribution in [-0.4, -0.2) is 42.2 Å². The summed E-state index contributed by atoms with van der Waals surface area (Å²) in [5.74, 6) is 1.15. The first kappa shape index (κ1) is 14.4. The van der Waals surface area contributed by atoms with E-state index in [-0.39, 0.29) is 24.2 Å². The number of morpholine rings is 1. The van der Waals surface area contributed by atoms with E-state index in [2.05, 4.69) is 19.9 Å². The molecule has 2 heterocycles. The van der Waals surface area contributed by atoms with Gasteiger partial charge in [-0.25, -0.2) is 0 Å². The molecular weight excluding hydrogens is 266 g/mol. The van der Waals surface area contributed by atoms with E-state index in [1.54, 1.807) is 0 Å². The van der Waals surface area contributed by atoms with Crippen molar-refractivity contribution in [3.8, 4) is 5.75 Å². The summed E-state index contributed by atoms with van der Waals surface area (Å²) < 4.78 is 11.6. The minimum absolute atomic E-state index is 0.0511. The fraction of sp³-hybridized carbons (Fsp3) is 0.588. The third-order valence-electron chi connectivity index (χ3n) is 4.48. The van der Waals surface area contributed by atoms with Crippen molar-refractivity contribution in [1.82, 2.24) is 4.90 Å². The molecule has 1 aromatic carbocycles. The summed E-state index contributed by atoms with van der Waals surface area (Å²) in [7, 11) is 0. The molecule has 4 unspecified atom stereocenters. The van der Waals surface area contributed by atoms with Gasteiger partial charge in [0.2, 0.25) is 0 Å². The van der Waals surface area contributed by atoms with E-state index >= 15 is 0 Å². The number of nitrogens with zero attached hydrogens (tertiary/aromatic N) is 1. The summed E-state index contributed by atoms with van der Waals surface area (Å²) in [5, 5.41) is 0. The lowest BCUT2D eigenvalue weighted by molar-refractivity contribution is -0.0586. The molecule has 0 aliphatic carbocycles. The molecule has 0 bridgehead atoms. The molecule has 1 amide bonds. The molecule has 21 heavy (non-hydrogen) atoms. The Morgan fingerprint density at radius 2 is 1.81 bits per heavy atom. The van der Waals surface area contributed by atoms with Gasteiger partial charge in [0.05, 0.1) is 17.8 Å². The van der Waals surface area contributed by atoms with Crippen LogP contribution in [0.3, 0.4) is 0 Å². The molecule has 1 aromatic rings. The molecular formula is C17H23NO3. The van der Waals surface area contributed by atoms with E-state index in [9.17, 15) is 4.79 Å². The van der Waals surface area contributed by atoms with Crippen LogP contribution < -0.4 is 4.74 Å². The van der Waals surface area contributed by atoms with Gasteiger partial charge in [-0.3, -0.25) is 4.79 Å². The number of fused-ring (bicyclic) bond motifs is 1. The number of ether oxygens (including phenoxy) is 2. The van der Waals surface area contributed by atoms with Crippen LogP contribution in [0.2, 0.25) is 0 Å². The van der Waals surface area contributed by atoms with Crippen LogP contribution in [-0.2, 0) is 4.74 Å². The average Bonchev–Trinajstić information content (AvgIpc) is 2.73. The highest BCUT2D eigenvalue weighted by Gasteiger charge is 2.34. The molecule has 1 saturated heterocycles. The number of rotatable bonds is 1. The molecule has 2 aliphatic rings. The number of hydrogen-bond donors (Lipinski definition) is 0. The standard InChI is InChI=1S/C17H23NO3/c1-10-8-18(9-11(2)20-10)17(19)15-7-5-6-14-12(3)13(4)21-16(14)15/h5-7,10-13H,8-9H2,1-4H3. The number of benzene rings is 1. The second kappa shape index (κ2) is 5.34. The first-order valence-electron chi connectivity index (χ1n) is 7.71. The zero-order chi connectivity index (χ0) is 15.1. The summed E-state index contributed by atoms with van der Waals surface area (Å²) in [6, 6.07) is 5.89. The van der Waals surface area contributed by atoms with Crippen molar-refractivity contribution in [3.63, 3.8) is 0 Å². The number of hydrogen-bond acceptors (Lipinski definition) is 3. The summed E-state index contributed by atoms with van der Waals surface area (Å²) in [6.45, 7) is 9.48. The van der Waals surface area contributed by atoms with Gasteiger partial charge in [0.25, 0.3) is 5.91 Å². The Labute approximate surface area is 126 Å². The zero-order valence-electron chi connectivity index (χ0n) is 13.1. The smallest absolute Gasteiger partial charge is 0.257 e. The lowest BCUT2D eigenvalue weighted by Gasteiger charge is -2.35.